The zero-order valence-corrected chi connectivity index (χ0v) is 16.0. The number of ether oxygens (including phenoxy) is 2. The van der Waals surface area contributed by atoms with Gasteiger partial charge in [-0.1, -0.05) is 13.0 Å². The highest BCUT2D eigenvalue weighted by Crippen LogP contribution is 2.28. The standard InChI is InChI=1S/C20H25NO6/c1-12(7-14-5-6-15(25-3)16(8-14)26-4)10-21-20(24)19-13(2)11-27-17(19)9-18(22)23/h5-6,8,11-12H,7,9-10H2,1-4H3,(H,21,24)(H,22,23). The molecular formula is C20H25NO6. The summed E-state index contributed by atoms with van der Waals surface area (Å²) >= 11 is 0. The lowest BCUT2D eigenvalue weighted by atomic mass is 10.0. The van der Waals surface area contributed by atoms with Gasteiger partial charge in [-0.2, -0.15) is 0 Å². The number of carbonyl (C=O) groups excluding carboxylic acids is 1. The number of aliphatic carboxylic acids is 1. The number of hydrogen-bond acceptors (Lipinski definition) is 5. The minimum absolute atomic E-state index is 0.169. The Balaban J connectivity index is 1.98. The van der Waals surface area contributed by atoms with Crippen LogP contribution in [0, 0.1) is 12.8 Å². The number of amides is 1. The molecule has 7 heteroatoms. The van der Waals surface area contributed by atoms with Crippen molar-refractivity contribution in [3.8, 4) is 11.5 Å². The van der Waals surface area contributed by atoms with E-state index in [1.807, 2.05) is 25.1 Å². The van der Waals surface area contributed by atoms with E-state index in [9.17, 15) is 9.59 Å². The lowest BCUT2D eigenvalue weighted by Gasteiger charge is -2.15. The summed E-state index contributed by atoms with van der Waals surface area (Å²) in [5.74, 6) is 0.311. The first kappa shape index (κ1) is 20.4. The number of rotatable bonds is 9. The van der Waals surface area contributed by atoms with Crippen molar-refractivity contribution in [1.82, 2.24) is 5.32 Å². The molecule has 0 aliphatic heterocycles. The van der Waals surface area contributed by atoms with Crippen molar-refractivity contribution in [2.45, 2.75) is 26.7 Å². The van der Waals surface area contributed by atoms with E-state index < -0.39 is 5.97 Å². The van der Waals surface area contributed by atoms with Crippen LogP contribution in [-0.4, -0.2) is 37.7 Å². The molecule has 0 radical (unpaired) electrons. The Labute approximate surface area is 158 Å². The Bertz CT molecular complexity index is 811. The highest BCUT2D eigenvalue weighted by atomic mass is 16.5. The lowest BCUT2D eigenvalue weighted by molar-refractivity contribution is -0.136. The van der Waals surface area contributed by atoms with Gasteiger partial charge in [0.05, 0.1) is 26.0 Å². The third kappa shape index (κ3) is 5.26. The van der Waals surface area contributed by atoms with Crippen LogP contribution in [0.5, 0.6) is 11.5 Å². The van der Waals surface area contributed by atoms with Crippen LogP contribution >= 0.6 is 0 Å². The summed E-state index contributed by atoms with van der Waals surface area (Å²) in [6.45, 7) is 4.19. The molecule has 0 saturated carbocycles. The highest BCUT2D eigenvalue weighted by molar-refractivity contribution is 5.97. The molecule has 2 N–H and O–H groups in total. The van der Waals surface area contributed by atoms with E-state index in [-0.39, 0.29) is 24.0 Å². The van der Waals surface area contributed by atoms with Crippen molar-refractivity contribution in [2.75, 3.05) is 20.8 Å². The molecule has 0 saturated heterocycles. The fourth-order valence-electron chi connectivity index (χ4n) is 2.91. The van der Waals surface area contributed by atoms with Crippen LogP contribution in [0.25, 0.3) is 0 Å². The van der Waals surface area contributed by atoms with Crippen LogP contribution in [-0.2, 0) is 17.6 Å². The third-order valence-electron chi connectivity index (χ3n) is 4.23. The molecule has 1 aromatic carbocycles. The first-order valence-corrected chi connectivity index (χ1v) is 8.63. The molecule has 1 amide bonds. The van der Waals surface area contributed by atoms with E-state index in [0.29, 0.717) is 29.2 Å². The maximum Gasteiger partial charge on any atom is 0.311 e. The number of methoxy groups -OCH3 is 2. The molecule has 1 atom stereocenters. The van der Waals surface area contributed by atoms with Gasteiger partial charge in [0, 0.05) is 12.1 Å². The average Bonchev–Trinajstić information content (AvgIpc) is 2.99. The number of carboxylic acids is 1. The molecule has 1 aromatic heterocycles. The summed E-state index contributed by atoms with van der Waals surface area (Å²) in [5, 5.41) is 11.8. The number of carbonyl (C=O) groups is 2. The third-order valence-corrected chi connectivity index (χ3v) is 4.23. The van der Waals surface area contributed by atoms with Crippen LogP contribution in [0.15, 0.2) is 28.9 Å². The zero-order chi connectivity index (χ0) is 20.0. The Kier molecular flexibility index (Phi) is 6.87. The zero-order valence-electron chi connectivity index (χ0n) is 16.0. The van der Waals surface area contributed by atoms with Gasteiger partial charge in [0.1, 0.15) is 12.2 Å². The Hall–Kier alpha value is -2.96. The van der Waals surface area contributed by atoms with E-state index in [1.165, 1.54) is 6.26 Å². The Morgan fingerprint density at radius 1 is 1.22 bits per heavy atom. The van der Waals surface area contributed by atoms with E-state index in [0.717, 1.165) is 12.0 Å². The molecule has 0 spiro atoms. The normalized spacial score (nSPS) is 11.7. The van der Waals surface area contributed by atoms with Crippen LogP contribution in [0.4, 0.5) is 0 Å². The van der Waals surface area contributed by atoms with Gasteiger partial charge in [0.2, 0.25) is 0 Å². The largest absolute Gasteiger partial charge is 0.493 e. The number of benzene rings is 1. The number of furan rings is 1. The van der Waals surface area contributed by atoms with Gasteiger partial charge in [-0.3, -0.25) is 9.59 Å². The van der Waals surface area contributed by atoms with Crippen molar-refractivity contribution in [3.63, 3.8) is 0 Å². The van der Waals surface area contributed by atoms with Gasteiger partial charge < -0.3 is 24.3 Å². The first-order chi connectivity index (χ1) is 12.8. The number of aryl methyl sites for hydroxylation is 1. The Morgan fingerprint density at radius 2 is 1.93 bits per heavy atom. The minimum atomic E-state index is -1.04. The van der Waals surface area contributed by atoms with Crippen LogP contribution < -0.4 is 14.8 Å². The van der Waals surface area contributed by atoms with E-state index >= 15 is 0 Å². The van der Waals surface area contributed by atoms with E-state index in [2.05, 4.69) is 5.32 Å². The number of carboxylic acid groups (broad SMARTS) is 1. The summed E-state index contributed by atoms with van der Waals surface area (Å²) in [6, 6.07) is 5.74. The summed E-state index contributed by atoms with van der Waals surface area (Å²) in [4.78, 5) is 23.4. The van der Waals surface area contributed by atoms with Crippen molar-refractivity contribution >= 4 is 11.9 Å². The maximum atomic E-state index is 12.5. The molecule has 7 nitrogen and oxygen atoms in total. The molecule has 2 aromatic rings. The quantitative estimate of drug-likeness (QED) is 0.699. The van der Waals surface area contributed by atoms with Crippen LogP contribution in [0.3, 0.4) is 0 Å². The molecule has 27 heavy (non-hydrogen) atoms. The molecule has 0 bridgehead atoms. The molecule has 1 unspecified atom stereocenters. The van der Waals surface area contributed by atoms with Crippen LogP contribution in [0.2, 0.25) is 0 Å². The predicted octanol–water partition coefficient (Wildman–Crippen LogP) is 2.84. The first-order valence-electron chi connectivity index (χ1n) is 8.63. The predicted molar refractivity (Wildman–Crippen MR) is 99.5 cm³/mol. The summed E-state index contributed by atoms with van der Waals surface area (Å²) < 4.78 is 15.8. The van der Waals surface area contributed by atoms with Gasteiger partial charge in [0.15, 0.2) is 11.5 Å². The van der Waals surface area contributed by atoms with Gasteiger partial charge in [-0.15, -0.1) is 0 Å². The summed E-state index contributed by atoms with van der Waals surface area (Å²) in [7, 11) is 3.18. The van der Waals surface area contributed by atoms with Crippen LogP contribution in [0.1, 0.15) is 34.2 Å². The highest BCUT2D eigenvalue weighted by Gasteiger charge is 2.21. The molecule has 0 aliphatic rings. The van der Waals surface area contributed by atoms with Gasteiger partial charge in [0.25, 0.3) is 5.91 Å². The monoisotopic (exact) mass is 375 g/mol. The molecule has 0 fully saturated rings. The smallest absolute Gasteiger partial charge is 0.311 e. The summed E-state index contributed by atoms with van der Waals surface area (Å²) in [5.41, 5.74) is 1.99. The number of hydrogen-bond donors (Lipinski definition) is 2. The van der Waals surface area contributed by atoms with Gasteiger partial charge in [-0.05, 0) is 37.0 Å². The second kappa shape index (κ2) is 9.12. The molecule has 146 valence electrons. The maximum absolute atomic E-state index is 12.5. The molecular weight excluding hydrogens is 350 g/mol. The van der Waals surface area contributed by atoms with E-state index in [4.69, 9.17) is 19.0 Å². The average molecular weight is 375 g/mol. The molecule has 0 aliphatic carbocycles. The summed E-state index contributed by atoms with van der Waals surface area (Å²) in [6.07, 6.45) is 1.82. The topological polar surface area (TPSA) is 98.0 Å². The van der Waals surface area contributed by atoms with Crippen molar-refractivity contribution in [2.24, 2.45) is 5.92 Å². The minimum Gasteiger partial charge on any atom is -0.493 e. The molecule has 2 rings (SSSR count). The molecule has 1 heterocycles. The van der Waals surface area contributed by atoms with E-state index in [1.54, 1.807) is 21.1 Å². The van der Waals surface area contributed by atoms with Gasteiger partial charge in [-0.25, -0.2) is 0 Å². The number of nitrogens with one attached hydrogen (secondary N) is 1. The Morgan fingerprint density at radius 3 is 2.56 bits per heavy atom. The second-order valence-corrected chi connectivity index (χ2v) is 6.50. The van der Waals surface area contributed by atoms with Gasteiger partial charge >= 0.3 is 5.97 Å². The van der Waals surface area contributed by atoms with Crippen molar-refractivity contribution in [3.05, 3.63) is 46.9 Å². The fourth-order valence-corrected chi connectivity index (χ4v) is 2.91. The van der Waals surface area contributed by atoms with Crippen molar-refractivity contribution in [1.29, 1.82) is 0 Å². The SMILES string of the molecule is COc1ccc(CC(C)CNC(=O)c2c(C)coc2CC(=O)O)cc1OC. The lowest BCUT2D eigenvalue weighted by Crippen LogP contribution is -2.30. The second-order valence-electron chi connectivity index (χ2n) is 6.50. The van der Waals surface area contributed by atoms with Crippen molar-refractivity contribution < 1.29 is 28.6 Å². The fraction of sp³-hybridized carbons (Fsp3) is 0.400.